The number of allylic oxidation sites excluding steroid dienone is 1. The van der Waals surface area contributed by atoms with Gasteiger partial charge in [0.05, 0.1) is 11.1 Å². The summed E-state index contributed by atoms with van der Waals surface area (Å²) in [5.41, 5.74) is 3.23. The topological polar surface area (TPSA) is 43.4 Å². The molecule has 0 N–H and O–H groups in total. The van der Waals surface area contributed by atoms with Crippen molar-refractivity contribution >= 4 is 18.0 Å². The average Bonchev–Trinajstić information content (AvgIpc) is 2.97. The molecule has 1 aliphatic heterocycles. The number of carbonyl (C=O) groups is 2. The van der Waals surface area contributed by atoms with E-state index in [1.807, 2.05) is 12.1 Å². The first-order valence-corrected chi connectivity index (χ1v) is 6.82. The second kappa shape index (κ2) is 3.56. The van der Waals surface area contributed by atoms with Crippen molar-refractivity contribution in [2.75, 3.05) is 0 Å². The van der Waals surface area contributed by atoms with Gasteiger partial charge in [0.1, 0.15) is 0 Å². The molecule has 19 heavy (non-hydrogen) atoms. The molecule has 0 saturated heterocycles. The minimum atomic E-state index is -0.512. The smallest absolute Gasteiger partial charge is 0.347 e. The largest absolute Gasteiger partial charge is 0.386 e. The van der Waals surface area contributed by atoms with Gasteiger partial charge in [0.15, 0.2) is 0 Å². The van der Waals surface area contributed by atoms with Crippen molar-refractivity contribution < 1.29 is 14.3 Å². The van der Waals surface area contributed by atoms with Gasteiger partial charge in [-0.3, -0.25) is 0 Å². The zero-order valence-corrected chi connectivity index (χ0v) is 10.6. The van der Waals surface area contributed by atoms with Crippen molar-refractivity contribution in [2.45, 2.75) is 37.5 Å². The van der Waals surface area contributed by atoms with Crippen LogP contribution in [0.15, 0.2) is 18.2 Å². The number of carbonyl (C=O) groups excluding carboxylic acids is 2. The first kappa shape index (κ1) is 11.0. The maximum absolute atomic E-state index is 11.9. The second-order valence-corrected chi connectivity index (χ2v) is 5.72. The lowest BCUT2D eigenvalue weighted by atomic mass is 9.70. The molecule has 0 aromatic heterocycles. The average molecular weight is 254 g/mol. The Balaban J connectivity index is 1.99. The van der Waals surface area contributed by atoms with E-state index >= 15 is 0 Å². The van der Waals surface area contributed by atoms with Crippen molar-refractivity contribution in [3.8, 4) is 0 Å². The van der Waals surface area contributed by atoms with Crippen molar-refractivity contribution in [3.63, 3.8) is 0 Å². The van der Waals surface area contributed by atoms with Crippen LogP contribution in [0, 0.1) is 0 Å². The molecular formula is C16H14O3. The van der Waals surface area contributed by atoms with Gasteiger partial charge in [-0.05, 0) is 41.9 Å². The van der Waals surface area contributed by atoms with Crippen LogP contribution in [0.4, 0.5) is 0 Å². The van der Waals surface area contributed by atoms with Gasteiger partial charge in [-0.2, -0.15) is 0 Å². The number of esters is 2. The lowest BCUT2D eigenvalue weighted by Crippen LogP contribution is -2.25. The van der Waals surface area contributed by atoms with E-state index in [2.05, 4.69) is 6.08 Å². The molecule has 1 saturated carbocycles. The monoisotopic (exact) mass is 254 g/mol. The summed E-state index contributed by atoms with van der Waals surface area (Å²) in [6, 6.07) is 3.80. The zero-order valence-electron chi connectivity index (χ0n) is 10.6. The van der Waals surface area contributed by atoms with E-state index in [0.717, 1.165) is 12.0 Å². The third-order valence-electron chi connectivity index (χ3n) is 4.78. The van der Waals surface area contributed by atoms with E-state index in [4.69, 9.17) is 4.74 Å². The molecular weight excluding hydrogens is 240 g/mol. The standard InChI is InChI=1S/C16H14O3/c17-14-11-5-6-12-10(13(11)15(18)19-14)4-3-9-16(12)7-1-2-8-16/h3-6H,1-2,7-9H2. The second-order valence-electron chi connectivity index (χ2n) is 5.72. The number of cyclic esters (lactones) is 2. The summed E-state index contributed by atoms with van der Waals surface area (Å²) in [6.07, 6.45) is 10.0. The molecule has 0 bridgehead atoms. The Bertz CT molecular complexity index is 634. The quantitative estimate of drug-likeness (QED) is 0.527. The van der Waals surface area contributed by atoms with Crippen molar-refractivity contribution in [3.05, 3.63) is 40.5 Å². The van der Waals surface area contributed by atoms with Crippen molar-refractivity contribution in [1.82, 2.24) is 0 Å². The van der Waals surface area contributed by atoms with Gasteiger partial charge in [0.2, 0.25) is 0 Å². The highest BCUT2D eigenvalue weighted by molar-refractivity contribution is 6.16. The molecule has 3 nitrogen and oxygen atoms in total. The third kappa shape index (κ3) is 1.33. The Morgan fingerprint density at radius 1 is 1.05 bits per heavy atom. The van der Waals surface area contributed by atoms with Crippen LogP contribution in [-0.2, 0) is 10.2 Å². The van der Waals surface area contributed by atoms with Gasteiger partial charge >= 0.3 is 11.9 Å². The van der Waals surface area contributed by atoms with Gasteiger partial charge in [0, 0.05) is 0 Å². The lowest BCUT2D eigenvalue weighted by molar-refractivity contribution is 0.0443. The predicted molar refractivity (Wildman–Crippen MR) is 70.0 cm³/mol. The Hall–Kier alpha value is -1.90. The zero-order chi connectivity index (χ0) is 13.0. The Labute approximate surface area is 111 Å². The van der Waals surface area contributed by atoms with Gasteiger partial charge in [-0.15, -0.1) is 0 Å². The first-order valence-electron chi connectivity index (χ1n) is 6.82. The molecule has 1 aromatic rings. The molecule has 1 aromatic carbocycles. The number of hydrogen-bond donors (Lipinski definition) is 0. The first-order chi connectivity index (χ1) is 9.21. The van der Waals surface area contributed by atoms with Crippen molar-refractivity contribution in [1.29, 1.82) is 0 Å². The van der Waals surface area contributed by atoms with Crippen LogP contribution in [0.5, 0.6) is 0 Å². The van der Waals surface area contributed by atoms with Crippen molar-refractivity contribution in [2.24, 2.45) is 0 Å². The minimum absolute atomic E-state index is 0.186. The number of benzene rings is 1. The van der Waals surface area contributed by atoms with Crippen LogP contribution < -0.4 is 0 Å². The van der Waals surface area contributed by atoms with Crippen LogP contribution in [-0.4, -0.2) is 11.9 Å². The van der Waals surface area contributed by atoms with Gasteiger partial charge in [-0.25, -0.2) is 9.59 Å². The maximum atomic E-state index is 11.9. The molecule has 1 spiro atoms. The van der Waals surface area contributed by atoms with Crippen LogP contribution in [0.25, 0.3) is 6.08 Å². The third-order valence-corrected chi connectivity index (χ3v) is 4.78. The maximum Gasteiger partial charge on any atom is 0.347 e. The molecule has 4 rings (SSSR count). The summed E-state index contributed by atoms with van der Waals surface area (Å²) in [5.74, 6) is -1.00. The van der Waals surface area contributed by atoms with E-state index in [1.165, 1.54) is 31.2 Å². The minimum Gasteiger partial charge on any atom is -0.386 e. The number of hydrogen-bond acceptors (Lipinski definition) is 3. The number of ether oxygens (including phenoxy) is 1. The SMILES string of the molecule is O=C1OC(=O)c2c1ccc1c2C=CCC12CCCC2. The van der Waals surface area contributed by atoms with Gasteiger partial charge in [-0.1, -0.05) is 31.1 Å². The predicted octanol–water partition coefficient (Wildman–Crippen LogP) is 3.23. The summed E-state index contributed by atoms with van der Waals surface area (Å²) in [6.45, 7) is 0. The van der Waals surface area contributed by atoms with Gasteiger partial charge in [0.25, 0.3) is 0 Å². The van der Waals surface area contributed by atoms with E-state index in [1.54, 1.807) is 6.07 Å². The van der Waals surface area contributed by atoms with Crippen LogP contribution in [0.1, 0.15) is 63.9 Å². The summed E-state index contributed by atoms with van der Waals surface area (Å²) < 4.78 is 4.74. The Morgan fingerprint density at radius 3 is 2.63 bits per heavy atom. The summed E-state index contributed by atoms with van der Waals surface area (Å²) in [5, 5.41) is 0. The van der Waals surface area contributed by atoms with E-state index in [0.29, 0.717) is 11.1 Å². The van der Waals surface area contributed by atoms with Crippen LogP contribution in [0.3, 0.4) is 0 Å². The van der Waals surface area contributed by atoms with Crippen LogP contribution in [0.2, 0.25) is 0 Å². The van der Waals surface area contributed by atoms with Crippen LogP contribution >= 0.6 is 0 Å². The molecule has 0 amide bonds. The normalized spacial score (nSPS) is 22.5. The van der Waals surface area contributed by atoms with Gasteiger partial charge < -0.3 is 4.74 Å². The molecule has 0 atom stereocenters. The molecule has 0 radical (unpaired) electrons. The Kier molecular flexibility index (Phi) is 2.06. The lowest BCUT2D eigenvalue weighted by Gasteiger charge is -2.33. The summed E-state index contributed by atoms with van der Waals surface area (Å²) in [4.78, 5) is 23.5. The summed E-state index contributed by atoms with van der Waals surface area (Å²) >= 11 is 0. The summed E-state index contributed by atoms with van der Waals surface area (Å²) in [7, 11) is 0. The highest BCUT2D eigenvalue weighted by atomic mass is 16.6. The molecule has 96 valence electrons. The molecule has 2 aliphatic carbocycles. The molecule has 3 heteroatoms. The Morgan fingerprint density at radius 2 is 1.84 bits per heavy atom. The van der Waals surface area contributed by atoms with E-state index in [-0.39, 0.29) is 5.41 Å². The molecule has 1 heterocycles. The molecule has 0 unspecified atom stereocenters. The fourth-order valence-corrected chi connectivity index (χ4v) is 3.87. The highest BCUT2D eigenvalue weighted by Crippen LogP contribution is 2.49. The number of fused-ring (bicyclic) bond motifs is 4. The number of rotatable bonds is 0. The molecule has 3 aliphatic rings. The fraction of sp³-hybridized carbons (Fsp3) is 0.375. The highest BCUT2D eigenvalue weighted by Gasteiger charge is 2.41. The molecule has 1 fully saturated rings. The van der Waals surface area contributed by atoms with E-state index < -0.39 is 11.9 Å². The fourth-order valence-electron chi connectivity index (χ4n) is 3.87. The van der Waals surface area contributed by atoms with E-state index in [9.17, 15) is 9.59 Å².